The monoisotopic (exact) mass is 772 g/mol. The molecule has 0 unspecified atom stereocenters. The molecule has 0 bridgehead atoms. The lowest BCUT2D eigenvalue weighted by atomic mass is 9.96. The molecule has 0 spiro atoms. The average molecular weight is 774 g/mol. The van der Waals surface area contributed by atoms with E-state index in [2.05, 4.69) is 16.0 Å². The number of nitrogens with one attached hydrogen (secondary N) is 3. The van der Waals surface area contributed by atoms with Crippen LogP contribution >= 0.6 is 34.8 Å². The molecule has 1 amide bonds. The van der Waals surface area contributed by atoms with Gasteiger partial charge in [-0.3, -0.25) is 19.2 Å². The molecular weight excluding hydrogens is 731 g/mol. The SMILES string of the molecule is CC1=C(Nc2ccc(N)cc2Cl)CCCC1=O.CC1=C(Nc2ccc(NC(=O)c3ccccc3C)cc2Cl)CCCC1=O.Cc1ccccc1C(=O)Cl. The molecule has 0 saturated heterocycles. The summed E-state index contributed by atoms with van der Waals surface area (Å²) in [6.07, 6.45) is 4.71. The van der Waals surface area contributed by atoms with E-state index in [9.17, 15) is 19.2 Å². The Kier molecular flexibility index (Phi) is 14.9. The molecule has 6 rings (SSSR count). The van der Waals surface area contributed by atoms with E-state index in [1.54, 1.807) is 42.5 Å². The lowest BCUT2D eigenvalue weighted by molar-refractivity contribution is -0.116. The van der Waals surface area contributed by atoms with Crippen LogP contribution in [0.4, 0.5) is 22.7 Å². The second-order valence-corrected chi connectivity index (χ2v) is 14.0. The molecule has 0 aromatic heterocycles. The highest BCUT2D eigenvalue weighted by Gasteiger charge is 2.19. The van der Waals surface area contributed by atoms with Gasteiger partial charge in [0.15, 0.2) is 11.6 Å². The number of halogens is 3. The van der Waals surface area contributed by atoms with Crippen molar-refractivity contribution in [2.45, 2.75) is 66.2 Å². The first kappa shape index (κ1) is 40.9. The van der Waals surface area contributed by atoms with Crippen molar-refractivity contribution in [1.82, 2.24) is 0 Å². The van der Waals surface area contributed by atoms with Crippen LogP contribution in [0.15, 0.2) is 107 Å². The van der Waals surface area contributed by atoms with Crippen LogP contribution in [-0.2, 0) is 9.59 Å². The third kappa shape index (κ3) is 11.5. The lowest BCUT2D eigenvalue weighted by Crippen LogP contribution is -2.15. The smallest absolute Gasteiger partial charge is 0.255 e. The second kappa shape index (κ2) is 19.3. The summed E-state index contributed by atoms with van der Waals surface area (Å²) in [7, 11) is 0. The zero-order valence-electron chi connectivity index (χ0n) is 30.2. The number of rotatable bonds is 7. The van der Waals surface area contributed by atoms with Gasteiger partial charge in [-0.25, -0.2) is 0 Å². The molecule has 11 heteroatoms. The zero-order valence-corrected chi connectivity index (χ0v) is 32.4. The summed E-state index contributed by atoms with van der Waals surface area (Å²) in [4.78, 5) is 46.5. The summed E-state index contributed by atoms with van der Waals surface area (Å²) in [5, 5.41) is 10.0. The fraction of sp³-hybridized carbons (Fsp3) is 0.238. The molecule has 4 aromatic carbocycles. The minimum absolute atomic E-state index is 0.170. The van der Waals surface area contributed by atoms with E-state index in [0.29, 0.717) is 45.4 Å². The Balaban J connectivity index is 0.000000198. The Morgan fingerprint density at radius 3 is 1.55 bits per heavy atom. The van der Waals surface area contributed by atoms with Gasteiger partial charge in [-0.2, -0.15) is 0 Å². The molecule has 0 fully saturated rings. The third-order valence-corrected chi connectivity index (χ3v) is 9.77. The van der Waals surface area contributed by atoms with Crippen LogP contribution in [-0.4, -0.2) is 22.7 Å². The number of carbonyl (C=O) groups is 4. The fourth-order valence-electron chi connectivity index (χ4n) is 5.72. The summed E-state index contributed by atoms with van der Waals surface area (Å²) in [6, 6.07) is 25.3. The number of carbonyl (C=O) groups excluding carboxylic acids is 4. The fourth-order valence-corrected chi connectivity index (χ4v) is 6.40. The van der Waals surface area contributed by atoms with E-state index in [1.807, 2.05) is 70.2 Å². The normalized spacial score (nSPS) is 14.0. The van der Waals surface area contributed by atoms with Crippen LogP contribution < -0.4 is 21.7 Å². The van der Waals surface area contributed by atoms with Crippen LogP contribution in [0.2, 0.25) is 10.0 Å². The van der Waals surface area contributed by atoms with Gasteiger partial charge in [0.25, 0.3) is 11.1 Å². The summed E-state index contributed by atoms with van der Waals surface area (Å²) in [6.45, 7) is 7.45. The molecule has 276 valence electrons. The number of benzene rings is 4. The van der Waals surface area contributed by atoms with Crippen molar-refractivity contribution in [2.75, 3.05) is 21.7 Å². The maximum Gasteiger partial charge on any atom is 0.255 e. The predicted molar refractivity (Wildman–Crippen MR) is 218 cm³/mol. The van der Waals surface area contributed by atoms with Crippen molar-refractivity contribution in [2.24, 2.45) is 0 Å². The number of allylic oxidation sites excluding steroid dienone is 4. The predicted octanol–water partition coefficient (Wildman–Crippen LogP) is 11.1. The van der Waals surface area contributed by atoms with E-state index in [4.69, 9.17) is 40.5 Å². The molecule has 0 radical (unpaired) electrons. The number of anilines is 4. The molecule has 8 nitrogen and oxygen atoms in total. The van der Waals surface area contributed by atoms with Crippen molar-refractivity contribution in [3.05, 3.63) is 140 Å². The van der Waals surface area contributed by atoms with E-state index in [0.717, 1.165) is 70.7 Å². The Hall–Kier alpha value is -4.89. The second-order valence-electron chi connectivity index (χ2n) is 12.8. The first-order chi connectivity index (χ1) is 25.2. The number of Topliss-reactive ketones (excluding diaryl/α,β-unsaturated/α-hetero) is 2. The molecule has 53 heavy (non-hydrogen) atoms. The zero-order chi connectivity index (χ0) is 38.7. The van der Waals surface area contributed by atoms with Gasteiger partial charge in [0.1, 0.15) is 0 Å². The molecule has 0 saturated carbocycles. The molecule has 4 aromatic rings. The van der Waals surface area contributed by atoms with Gasteiger partial charge in [-0.15, -0.1) is 0 Å². The highest BCUT2D eigenvalue weighted by molar-refractivity contribution is 6.67. The van der Waals surface area contributed by atoms with Crippen LogP contribution in [0.25, 0.3) is 0 Å². The largest absolute Gasteiger partial charge is 0.399 e. The molecular formula is C42H43Cl3N4O4. The highest BCUT2D eigenvalue weighted by atomic mass is 35.5. The standard InChI is InChI=1S/C21H21ClN2O2.C13H15ClN2O.C8H7ClO/c1-13-6-3-4-7-16(13)21(26)23-15-10-11-19(17(22)12-15)24-18-8-5-9-20(25)14(18)2;1-8-11(3-2-4-13(8)17)16-12-6-5-9(15)7-10(12)14;1-6-4-2-3-5-7(6)8(9)10/h3-4,6-7,10-12,24H,5,8-9H2,1-2H3,(H,23,26);5-7,16H,2-4,15H2,1H3;2-5H,1H3. The van der Waals surface area contributed by atoms with Gasteiger partial charge in [-0.05, 0) is 125 Å². The molecule has 0 aliphatic heterocycles. The van der Waals surface area contributed by atoms with Gasteiger partial charge >= 0.3 is 0 Å². The van der Waals surface area contributed by atoms with Crippen LogP contribution in [0.5, 0.6) is 0 Å². The molecule has 2 aliphatic rings. The Morgan fingerprint density at radius 1 is 0.623 bits per heavy atom. The lowest BCUT2D eigenvalue weighted by Gasteiger charge is -2.19. The minimum Gasteiger partial charge on any atom is -0.399 e. The third-order valence-electron chi connectivity index (χ3n) is 8.94. The van der Waals surface area contributed by atoms with Crippen molar-refractivity contribution in [3.63, 3.8) is 0 Å². The summed E-state index contributed by atoms with van der Waals surface area (Å²) in [5.41, 5.74) is 14.9. The molecule has 2 aliphatic carbocycles. The molecule has 0 heterocycles. The van der Waals surface area contributed by atoms with Crippen molar-refractivity contribution >= 4 is 80.3 Å². The van der Waals surface area contributed by atoms with Gasteiger partial charge in [0.2, 0.25) is 0 Å². The van der Waals surface area contributed by atoms with E-state index >= 15 is 0 Å². The van der Waals surface area contributed by atoms with E-state index < -0.39 is 5.24 Å². The number of nitrogen functional groups attached to an aromatic ring is 1. The van der Waals surface area contributed by atoms with Crippen molar-refractivity contribution in [1.29, 1.82) is 0 Å². The Bertz CT molecular complexity index is 2090. The first-order valence-corrected chi connectivity index (χ1v) is 18.4. The average Bonchev–Trinajstić information content (AvgIpc) is 3.12. The maximum atomic E-state index is 12.4. The maximum absolute atomic E-state index is 12.4. The van der Waals surface area contributed by atoms with Gasteiger partial charge in [0.05, 0.1) is 21.4 Å². The summed E-state index contributed by atoms with van der Waals surface area (Å²) in [5.74, 6) is 0.221. The first-order valence-electron chi connectivity index (χ1n) is 17.2. The van der Waals surface area contributed by atoms with Crippen molar-refractivity contribution in [3.8, 4) is 0 Å². The van der Waals surface area contributed by atoms with Gasteiger partial charge in [-0.1, -0.05) is 59.6 Å². The summed E-state index contributed by atoms with van der Waals surface area (Å²) >= 11 is 17.7. The number of hydrogen-bond donors (Lipinski definition) is 4. The van der Waals surface area contributed by atoms with Crippen LogP contribution in [0, 0.1) is 13.8 Å². The van der Waals surface area contributed by atoms with Gasteiger partial charge < -0.3 is 21.7 Å². The number of aryl methyl sites for hydroxylation is 2. The minimum atomic E-state index is -0.391. The number of hydrogen-bond acceptors (Lipinski definition) is 7. The quantitative estimate of drug-likeness (QED) is 0.109. The van der Waals surface area contributed by atoms with E-state index in [1.165, 1.54) is 0 Å². The van der Waals surface area contributed by atoms with Crippen LogP contribution in [0.3, 0.4) is 0 Å². The number of amides is 1. The molecule has 0 atom stereocenters. The number of ketones is 2. The Labute approximate surface area is 325 Å². The van der Waals surface area contributed by atoms with Crippen molar-refractivity contribution < 1.29 is 19.2 Å². The Morgan fingerprint density at radius 2 is 1.09 bits per heavy atom. The molecule has 5 N–H and O–H groups in total. The number of nitrogens with two attached hydrogens (primary N) is 1. The van der Waals surface area contributed by atoms with Crippen LogP contribution in [0.1, 0.15) is 84.2 Å². The summed E-state index contributed by atoms with van der Waals surface area (Å²) < 4.78 is 0. The van der Waals surface area contributed by atoms with E-state index in [-0.39, 0.29) is 17.5 Å². The topological polar surface area (TPSA) is 130 Å². The van der Waals surface area contributed by atoms with Gasteiger partial charge in [0, 0.05) is 57.9 Å². The highest BCUT2D eigenvalue weighted by Crippen LogP contribution is 2.31.